The van der Waals surface area contributed by atoms with E-state index in [1.807, 2.05) is 12.1 Å². The number of fused-ring (bicyclic) bond motifs is 2. The molecule has 3 rings (SSSR count). The van der Waals surface area contributed by atoms with Gasteiger partial charge in [0.1, 0.15) is 5.75 Å². The summed E-state index contributed by atoms with van der Waals surface area (Å²) < 4.78 is 11.8. The SMILES string of the molecule is COc1ccccc1[C@H]1OC[C@H]2[C@@H](C)[C@@H]1C(C)=C[C@@H]2C. The Labute approximate surface area is 121 Å². The Morgan fingerprint density at radius 2 is 1.95 bits per heavy atom. The van der Waals surface area contributed by atoms with Crippen LogP contribution in [0, 0.1) is 23.7 Å². The summed E-state index contributed by atoms with van der Waals surface area (Å²) in [4.78, 5) is 0. The van der Waals surface area contributed by atoms with E-state index in [0.29, 0.717) is 23.7 Å². The summed E-state index contributed by atoms with van der Waals surface area (Å²) >= 11 is 0. The number of ether oxygens (including phenoxy) is 2. The summed E-state index contributed by atoms with van der Waals surface area (Å²) in [5.41, 5.74) is 2.66. The lowest BCUT2D eigenvalue weighted by Gasteiger charge is -2.47. The van der Waals surface area contributed by atoms with Crippen molar-refractivity contribution in [1.82, 2.24) is 0 Å². The predicted octanol–water partition coefficient (Wildman–Crippen LogP) is 4.23. The van der Waals surface area contributed by atoms with E-state index >= 15 is 0 Å². The summed E-state index contributed by atoms with van der Waals surface area (Å²) in [7, 11) is 1.74. The summed E-state index contributed by atoms with van der Waals surface area (Å²) in [5.74, 6) is 3.35. The zero-order chi connectivity index (χ0) is 14.3. The number of rotatable bonds is 2. The van der Waals surface area contributed by atoms with E-state index in [9.17, 15) is 0 Å². The Morgan fingerprint density at radius 3 is 2.70 bits per heavy atom. The maximum absolute atomic E-state index is 6.26. The van der Waals surface area contributed by atoms with E-state index in [4.69, 9.17) is 9.47 Å². The highest BCUT2D eigenvalue weighted by Crippen LogP contribution is 2.50. The summed E-state index contributed by atoms with van der Waals surface area (Å²) in [6, 6.07) is 8.26. The van der Waals surface area contributed by atoms with Crippen LogP contribution in [0.25, 0.3) is 0 Å². The number of para-hydroxylation sites is 1. The van der Waals surface area contributed by atoms with Gasteiger partial charge in [-0.3, -0.25) is 0 Å². The molecule has 2 bridgehead atoms. The Kier molecular flexibility index (Phi) is 3.59. The third-order valence-corrected chi connectivity index (χ3v) is 5.21. The smallest absolute Gasteiger partial charge is 0.124 e. The normalized spacial score (nSPS) is 36.4. The molecule has 2 heteroatoms. The van der Waals surface area contributed by atoms with Crippen LogP contribution in [-0.4, -0.2) is 13.7 Å². The molecule has 2 nitrogen and oxygen atoms in total. The fraction of sp³-hybridized carbons (Fsp3) is 0.556. The van der Waals surface area contributed by atoms with Gasteiger partial charge in [0.25, 0.3) is 0 Å². The molecule has 0 saturated carbocycles. The minimum atomic E-state index is 0.126. The third-order valence-electron chi connectivity index (χ3n) is 5.21. The van der Waals surface area contributed by atoms with Gasteiger partial charge in [-0.1, -0.05) is 43.7 Å². The van der Waals surface area contributed by atoms with Crippen molar-refractivity contribution in [2.75, 3.05) is 13.7 Å². The van der Waals surface area contributed by atoms with Gasteiger partial charge in [-0.25, -0.2) is 0 Å². The van der Waals surface area contributed by atoms with Crippen molar-refractivity contribution in [3.05, 3.63) is 41.5 Å². The first-order valence-electron chi connectivity index (χ1n) is 7.56. The van der Waals surface area contributed by atoms with Gasteiger partial charge in [-0.2, -0.15) is 0 Å². The molecule has 108 valence electrons. The summed E-state index contributed by atoms with van der Waals surface area (Å²) in [5, 5.41) is 0. The largest absolute Gasteiger partial charge is 0.496 e. The summed E-state index contributed by atoms with van der Waals surface area (Å²) in [6.07, 6.45) is 2.57. The quantitative estimate of drug-likeness (QED) is 0.750. The molecule has 5 atom stereocenters. The highest BCUT2D eigenvalue weighted by molar-refractivity contribution is 5.37. The molecule has 0 radical (unpaired) electrons. The van der Waals surface area contributed by atoms with E-state index < -0.39 is 0 Å². The molecule has 1 aromatic rings. The molecule has 1 aliphatic heterocycles. The lowest BCUT2D eigenvalue weighted by molar-refractivity contribution is -0.0941. The number of hydrogen-bond donors (Lipinski definition) is 0. The zero-order valence-electron chi connectivity index (χ0n) is 12.8. The Hall–Kier alpha value is -1.28. The number of hydrogen-bond acceptors (Lipinski definition) is 2. The Balaban J connectivity index is 2.01. The van der Waals surface area contributed by atoms with Crippen molar-refractivity contribution in [3.8, 4) is 5.75 Å². The van der Waals surface area contributed by atoms with Crippen LogP contribution >= 0.6 is 0 Å². The van der Waals surface area contributed by atoms with Crippen LogP contribution < -0.4 is 4.74 Å². The first-order valence-corrected chi connectivity index (χ1v) is 7.56. The molecular formula is C18H24O2. The van der Waals surface area contributed by atoms with E-state index in [2.05, 4.69) is 39.0 Å². The molecule has 20 heavy (non-hydrogen) atoms. The molecule has 1 heterocycles. The topological polar surface area (TPSA) is 18.5 Å². The van der Waals surface area contributed by atoms with Crippen molar-refractivity contribution >= 4 is 0 Å². The molecule has 1 aliphatic carbocycles. The molecule has 0 N–H and O–H groups in total. The van der Waals surface area contributed by atoms with Gasteiger partial charge < -0.3 is 9.47 Å². The van der Waals surface area contributed by atoms with Gasteiger partial charge in [-0.15, -0.1) is 0 Å². The van der Waals surface area contributed by atoms with Gasteiger partial charge >= 0.3 is 0 Å². The van der Waals surface area contributed by atoms with Crippen LogP contribution in [0.4, 0.5) is 0 Å². The Bertz CT molecular complexity index is 520. The van der Waals surface area contributed by atoms with Crippen LogP contribution in [0.15, 0.2) is 35.9 Å². The molecule has 0 spiro atoms. The summed E-state index contributed by atoms with van der Waals surface area (Å²) in [6.45, 7) is 7.80. The van der Waals surface area contributed by atoms with Gasteiger partial charge in [0, 0.05) is 11.5 Å². The molecule has 2 aliphatic rings. The maximum Gasteiger partial charge on any atom is 0.124 e. The van der Waals surface area contributed by atoms with Crippen LogP contribution in [0.3, 0.4) is 0 Å². The van der Waals surface area contributed by atoms with Gasteiger partial charge in [-0.05, 0) is 30.7 Å². The molecule has 1 aromatic carbocycles. The molecular weight excluding hydrogens is 248 g/mol. The standard InChI is InChI=1S/C18H24O2/c1-11-9-12(2)17-13(3)15(11)10-20-18(17)14-7-5-6-8-16(14)19-4/h5-9,11,13,15,17-18H,10H2,1-4H3/t11-,13+,15+,17-,18+/m0/s1. The number of methoxy groups -OCH3 is 1. The molecule has 0 unspecified atom stereocenters. The van der Waals surface area contributed by atoms with Gasteiger partial charge in [0.05, 0.1) is 19.8 Å². The number of allylic oxidation sites excluding steroid dienone is 1. The average Bonchev–Trinajstić information content (AvgIpc) is 2.44. The van der Waals surface area contributed by atoms with Crippen molar-refractivity contribution in [2.24, 2.45) is 23.7 Å². The first kappa shape index (κ1) is 13.7. The second kappa shape index (κ2) is 5.25. The highest BCUT2D eigenvalue weighted by atomic mass is 16.5. The predicted molar refractivity (Wildman–Crippen MR) is 80.8 cm³/mol. The minimum absolute atomic E-state index is 0.126. The van der Waals surface area contributed by atoms with Crippen molar-refractivity contribution < 1.29 is 9.47 Å². The monoisotopic (exact) mass is 272 g/mol. The highest BCUT2D eigenvalue weighted by Gasteiger charge is 2.44. The molecule has 1 fully saturated rings. The average molecular weight is 272 g/mol. The van der Waals surface area contributed by atoms with Crippen molar-refractivity contribution in [3.63, 3.8) is 0 Å². The second-order valence-electron chi connectivity index (χ2n) is 6.31. The van der Waals surface area contributed by atoms with Crippen LogP contribution in [-0.2, 0) is 4.74 Å². The minimum Gasteiger partial charge on any atom is -0.496 e. The van der Waals surface area contributed by atoms with Crippen molar-refractivity contribution in [2.45, 2.75) is 26.9 Å². The molecule has 0 amide bonds. The van der Waals surface area contributed by atoms with Crippen LogP contribution in [0.2, 0.25) is 0 Å². The van der Waals surface area contributed by atoms with Crippen molar-refractivity contribution in [1.29, 1.82) is 0 Å². The lowest BCUT2D eigenvalue weighted by Crippen LogP contribution is -2.42. The van der Waals surface area contributed by atoms with Crippen LogP contribution in [0.5, 0.6) is 5.75 Å². The fourth-order valence-electron chi connectivity index (χ4n) is 4.13. The number of benzene rings is 1. The van der Waals surface area contributed by atoms with Crippen LogP contribution in [0.1, 0.15) is 32.4 Å². The van der Waals surface area contributed by atoms with E-state index in [1.165, 1.54) is 11.1 Å². The lowest BCUT2D eigenvalue weighted by atomic mass is 9.64. The second-order valence-corrected chi connectivity index (χ2v) is 6.31. The van der Waals surface area contributed by atoms with E-state index in [0.717, 1.165) is 12.4 Å². The van der Waals surface area contributed by atoms with Gasteiger partial charge in [0.2, 0.25) is 0 Å². The first-order chi connectivity index (χ1) is 9.63. The van der Waals surface area contributed by atoms with E-state index in [-0.39, 0.29) is 6.10 Å². The Morgan fingerprint density at radius 1 is 1.20 bits per heavy atom. The van der Waals surface area contributed by atoms with E-state index in [1.54, 1.807) is 7.11 Å². The molecule has 1 saturated heterocycles. The molecule has 0 aromatic heterocycles. The van der Waals surface area contributed by atoms with Gasteiger partial charge in [0.15, 0.2) is 0 Å². The third kappa shape index (κ3) is 2.07. The maximum atomic E-state index is 6.26. The fourth-order valence-corrected chi connectivity index (χ4v) is 4.13. The zero-order valence-corrected chi connectivity index (χ0v) is 12.8.